The highest BCUT2D eigenvalue weighted by atomic mass is 16.3. The van der Waals surface area contributed by atoms with Crippen molar-refractivity contribution >= 4 is 11.6 Å². The number of rotatable bonds is 4. The lowest BCUT2D eigenvalue weighted by molar-refractivity contribution is -0.122. The minimum Gasteiger partial charge on any atom is -0.393 e. The van der Waals surface area contributed by atoms with Gasteiger partial charge in [-0.3, -0.25) is 9.69 Å². The molecule has 2 N–H and O–H groups in total. The van der Waals surface area contributed by atoms with Crippen molar-refractivity contribution in [3.8, 4) is 0 Å². The summed E-state index contributed by atoms with van der Waals surface area (Å²) in [6.07, 6.45) is 1.16. The SMILES string of the molecule is Cc1cccc(NC(=O)C(c2ccccc2)N2CCC(O)CC2)c1C. The van der Waals surface area contributed by atoms with Gasteiger partial charge in [0.15, 0.2) is 0 Å². The van der Waals surface area contributed by atoms with Gasteiger partial charge in [-0.15, -0.1) is 0 Å². The number of piperidine rings is 1. The van der Waals surface area contributed by atoms with Crippen LogP contribution >= 0.6 is 0 Å². The lowest BCUT2D eigenvalue weighted by atomic mass is 9.99. The third-order valence-electron chi connectivity index (χ3n) is 5.09. The maximum absolute atomic E-state index is 13.1. The van der Waals surface area contributed by atoms with E-state index < -0.39 is 0 Å². The number of aliphatic hydroxyl groups is 1. The zero-order valence-corrected chi connectivity index (χ0v) is 14.9. The van der Waals surface area contributed by atoms with Crippen LogP contribution in [0, 0.1) is 13.8 Å². The molecule has 0 aromatic heterocycles. The van der Waals surface area contributed by atoms with Crippen molar-refractivity contribution < 1.29 is 9.90 Å². The molecule has 2 aromatic rings. The summed E-state index contributed by atoms with van der Waals surface area (Å²) in [5, 5.41) is 12.9. The van der Waals surface area contributed by atoms with Crippen molar-refractivity contribution in [3.63, 3.8) is 0 Å². The maximum Gasteiger partial charge on any atom is 0.246 e. The van der Waals surface area contributed by atoms with Crippen molar-refractivity contribution in [2.45, 2.75) is 38.8 Å². The van der Waals surface area contributed by atoms with Gasteiger partial charge in [-0.25, -0.2) is 0 Å². The first-order valence-corrected chi connectivity index (χ1v) is 8.90. The molecular weight excluding hydrogens is 312 g/mol. The molecule has 4 heteroatoms. The molecule has 1 aliphatic rings. The largest absolute Gasteiger partial charge is 0.393 e. The Balaban J connectivity index is 1.86. The van der Waals surface area contributed by atoms with Crippen LogP contribution in [0.4, 0.5) is 5.69 Å². The summed E-state index contributed by atoms with van der Waals surface area (Å²) in [6.45, 7) is 5.52. The Morgan fingerprint density at radius 2 is 1.76 bits per heavy atom. The number of anilines is 1. The topological polar surface area (TPSA) is 52.6 Å². The molecule has 1 unspecified atom stereocenters. The van der Waals surface area contributed by atoms with Crippen molar-refractivity contribution in [1.82, 2.24) is 4.90 Å². The number of hydrogen-bond donors (Lipinski definition) is 2. The number of nitrogens with zero attached hydrogens (tertiary/aromatic N) is 1. The van der Waals surface area contributed by atoms with Crippen LogP contribution in [0.1, 0.15) is 35.6 Å². The maximum atomic E-state index is 13.1. The van der Waals surface area contributed by atoms with Crippen molar-refractivity contribution in [3.05, 3.63) is 65.2 Å². The molecular formula is C21H26N2O2. The number of carbonyl (C=O) groups is 1. The van der Waals surface area contributed by atoms with E-state index >= 15 is 0 Å². The summed E-state index contributed by atoms with van der Waals surface area (Å²) in [5.41, 5.74) is 4.11. The van der Waals surface area contributed by atoms with E-state index in [1.54, 1.807) is 0 Å². The predicted octanol–water partition coefficient (Wildman–Crippen LogP) is 3.44. The van der Waals surface area contributed by atoms with Crippen LogP contribution in [0.3, 0.4) is 0 Å². The number of aliphatic hydroxyl groups excluding tert-OH is 1. The quantitative estimate of drug-likeness (QED) is 0.898. The predicted molar refractivity (Wildman–Crippen MR) is 101 cm³/mol. The van der Waals surface area contributed by atoms with Crippen LogP contribution in [-0.2, 0) is 4.79 Å². The van der Waals surface area contributed by atoms with Crippen molar-refractivity contribution in [2.75, 3.05) is 18.4 Å². The van der Waals surface area contributed by atoms with Crippen LogP contribution in [0.5, 0.6) is 0 Å². The van der Waals surface area contributed by atoms with Gasteiger partial charge in [-0.2, -0.15) is 0 Å². The normalized spacial score (nSPS) is 17.2. The van der Waals surface area contributed by atoms with E-state index in [4.69, 9.17) is 0 Å². The van der Waals surface area contributed by atoms with Gasteiger partial charge >= 0.3 is 0 Å². The van der Waals surface area contributed by atoms with E-state index in [1.807, 2.05) is 62.4 Å². The highest BCUT2D eigenvalue weighted by Crippen LogP contribution is 2.27. The fraction of sp³-hybridized carbons (Fsp3) is 0.381. The molecule has 4 nitrogen and oxygen atoms in total. The van der Waals surface area contributed by atoms with E-state index in [1.165, 1.54) is 0 Å². The lowest BCUT2D eigenvalue weighted by Gasteiger charge is -2.35. The summed E-state index contributed by atoms with van der Waals surface area (Å²) in [6, 6.07) is 15.5. The second kappa shape index (κ2) is 7.81. The van der Waals surface area contributed by atoms with Crippen LogP contribution < -0.4 is 5.32 Å². The molecule has 1 aliphatic heterocycles. The highest BCUT2D eigenvalue weighted by Gasteiger charge is 2.30. The van der Waals surface area contributed by atoms with Crippen LogP contribution in [0.25, 0.3) is 0 Å². The number of aryl methyl sites for hydroxylation is 1. The van der Waals surface area contributed by atoms with E-state index in [0.29, 0.717) is 12.8 Å². The second-order valence-electron chi connectivity index (χ2n) is 6.82. The molecule has 1 amide bonds. The average Bonchev–Trinajstić information content (AvgIpc) is 2.62. The molecule has 0 spiro atoms. The smallest absolute Gasteiger partial charge is 0.246 e. The Labute approximate surface area is 149 Å². The summed E-state index contributed by atoms with van der Waals surface area (Å²) in [5.74, 6) is -0.0173. The first-order valence-electron chi connectivity index (χ1n) is 8.90. The number of hydrogen-bond acceptors (Lipinski definition) is 3. The minimum atomic E-state index is -0.339. The molecule has 3 rings (SSSR count). The summed E-state index contributed by atoms with van der Waals surface area (Å²) >= 11 is 0. The zero-order valence-electron chi connectivity index (χ0n) is 14.9. The minimum absolute atomic E-state index is 0.0173. The number of likely N-dealkylation sites (tertiary alicyclic amines) is 1. The van der Waals surface area contributed by atoms with E-state index in [2.05, 4.69) is 10.2 Å². The van der Waals surface area contributed by atoms with Crippen molar-refractivity contribution in [1.29, 1.82) is 0 Å². The Kier molecular flexibility index (Phi) is 5.51. The number of carbonyl (C=O) groups excluding carboxylic acids is 1. The van der Waals surface area contributed by atoms with Gasteiger partial charge in [0, 0.05) is 18.8 Å². The molecule has 1 atom stereocenters. The number of benzene rings is 2. The molecule has 0 radical (unpaired) electrons. The molecule has 132 valence electrons. The molecule has 0 aliphatic carbocycles. The first-order chi connectivity index (χ1) is 12.1. The fourth-order valence-electron chi connectivity index (χ4n) is 3.39. The monoisotopic (exact) mass is 338 g/mol. The molecule has 1 saturated heterocycles. The highest BCUT2D eigenvalue weighted by molar-refractivity contribution is 5.96. The summed E-state index contributed by atoms with van der Waals surface area (Å²) < 4.78 is 0. The molecule has 0 saturated carbocycles. The van der Waals surface area contributed by atoms with Gasteiger partial charge in [0.05, 0.1) is 6.10 Å². The molecule has 0 bridgehead atoms. The zero-order chi connectivity index (χ0) is 17.8. The third kappa shape index (κ3) is 4.09. The number of nitrogens with one attached hydrogen (secondary N) is 1. The Morgan fingerprint density at radius 3 is 2.44 bits per heavy atom. The van der Waals surface area contributed by atoms with Gasteiger partial charge in [0.1, 0.15) is 6.04 Å². The number of amides is 1. The standard InChI is InChI=1S/C21H26N2O2/c1-15-7-6-10-19(16(15)2)22-21(25)20(17-8-4-3-5-9-17)23-13-11-18(24)12-14-23/h3-10,18,20,24H,11-14H2,1-2H3,(H,22,25). The van der Waals surface area contributed by atoms with E-state index in [0.717, 1.165) is 35.5 Å². The van der Waals surface area contributed by atoms with Crippen LogP contribution in [-0.4, -0.2) is 35.1 Å². The van der Waals surface area contributed by atoms with Gasteiger partial charge in [0.25, 0.3) is 0 Å². The Morgan fingerprint density at radius 1 is 1.08 bits per heavy atom. The third-order valence-corrected chi connectivity index (χ3v) is 5.09. The van der Waals surface area contributed by atoms with E-state index in [-0.39, 0.29) is 18.1 Å². The molecule has 1 heterocycles. The fourth-order valence-corrected chi connectivity index (χ4v) is 3.39. The second-order valence-corrected chi connectivity index (χ2v) is 6.82. The molecule has 25 heavy (non-hydrogen) atoms. The van der Waals surface area contributed by atoms with Gasteiger partial charge < -0.3 is 10.4 Å². The molecule has 1 fully saturated rings. The van der Waals surface area contributed by atoms with Gasteiger partial charge in [-0.05, 0) is 49.4 Å². The van der Waals surface area contributed by atoms with Crippen LogP contribution in [0.2, 0.25) is 0 Å². The average molecular weight is 338 g/mol. The Bertz CT molecular complexity index is 722. The summed E-state index contributed by atoms with van der Waals surface area (Å²) in [7, 11) is 0. The van der Waals surface area contributed by atoms with Gasteiger partial charge in [-0.1, -0.05) is 42.5 Å². The lowest BCUT2D eigenvalue weighted by Crippen LogP contribution is -2.43. The van der Waals surface area contributed by atoms with Gasteiger partial charge in [0.2, 0.25) is 5.91 Å². The van der Waals surface area contributed by atoms with E-state index in [9.17, 15) is 9.90 Å². The van der Waals surface area contributed by atoms with Crippen LogP contribution in [0.15, 0.2) is 48.5 Å². The molecule has 2 aromatic carbocycles. The summed E-state index contributed by atoms with van der Waals surface area (Å²) in [4.78, 5) is 15.3. The van der Waals surface area contributed by atoms with Crippen molar-refractivity contribution in [2.24, 2.45) is 0 Å². The first kappa shape index (κ1) is 17.6. The Hall–Kier alpha value is -2.17.